The Morgan fingerprint density at radius 1 is 1.52 bits per heavy atom. The molecule has 1 aliphatic heterocycles. The van der Waals surface area contributed by atoms with Crippen LogP contribution in [-0.4, -0.2) is 30.6 Å². The number of piperidine rings is 1. The van der Waals surface area contributed by atoms with Crippen molar-refractivity contribution in [3.05, 3.63) is 16.7 Å². The van der Waals surface area contributed by atoms with Gasteiger partial charge in [0.2, 0.25) is 0 Å². The van der Waals surface area contributed by atoms with Gasteiger partial charge in [-0.1, -0.05) is 13.8 Å². The van der Waals surface area contributed by atoms with Crippen LogP contribution in [0.15, 0.2) is 16.7 Å². The van der Waals surface area contributed by atoms with Gasteiger partial charge in [0.05, 0.1) is 10.2 Å². The Bertz CT molecular complexity index is 518. The molecule has 1 saturated heterocycles. The first-order chi connectivity index (χ1) is 9.91. The third-order valence-corrected chi connectivity index (χ3v) is 4.27. The van der Waals surface area contributed by atoms with E-state index < -0.39 is 0 Å². The molecule has 0 bridgehead atoms. The molecule has 0 aromatic carbocycles. The first kappa shape index (κ1) is 16.1. The van der Waals surface area contributed by atoms with Gasteiger partial charge in [0.1, 0.15) is 5.82 Å². The van der Waals surface area contributed by atoms with E-state index in [0.29, 0.717) is 17.8 Å². The van der Waals surface area contributed by atoms with E-state index in [9.17, 15) is 4.79 Å². The Morgan fingerprint density at radius 3 is 2.95 bits per heavy atom. The van der Waals surface area contributed by atoms with E-state index in [4.69, 9.17) is 0 Å². The number of nitrogens with zero attached hydrogens (tertiary/aromatic N) is 2. The third kappa shape index (κ3) is 4.33. The molecule has 0 radical (unpaired) electrons. The smallest absolute Gasteiger partial charge is 0.320 e. The maximum absolute atomic E-state index is 11.6. The number of urea groups is 1. The van der Waals surface area contributed by atoms with E-state index in [1.54, 1.807) is 6.20 Å². The Kier molecular flexibility index (Phi) is 5.08. The Labute approximate surface area is 134 Å². The number of aromatic nitrogens is 1. The summed E-state index contributed by atoms with van der Waals surface area (Å²) in [4.78, 5) is 18.2. The Morgan fingerprint density at radius 2 is 2.29 bits per heavy atom. The summed E-state index contributed by atoms with van der Waals surface area (Å²) >= 11 is 3.57. The van der Waals surface area contributed by atoms with Crippen molar-refractivity contribution in [3.8, 4) is 0 Å². The van der Waals surface area contributed by atoms with Gasteiger partial charge in [-0.2, -0.15) is 0 Å². The number of anilines is 2. The van der Waals surface area contributed by atoms with Gasteiger partial charge >= 0.3 is 6.03 Å². The van der Waals surface area contributed by atoms with Crippen molar-refractivity contribution in [3.63, 3.8) is 0 Å². The summed E-state index contributed by atoms with van der Waals surface area (Å²) in [5, 5.41) is 5.47. The van der Waals surface area contributed by atoms with Crippen molar-refractivity contribution in [2.45, 2.75) is 33.6 Å². The fourth-order valence-corrected chi connectivity index (χ4v) is 3.16. The number of nitrogens with one attached hydrogen (secondary N) is 2. The number of carbonyl (C=O) groups is 1. The van der Waals surface area contributed by atoms with Crippen LogP contribution in [0.1, 0.15) is 33.6 Å². The van der Waals surface area contributed by atoms with Crippen LogP contribution in [-0.2, 0) is 0 Å². The maximum Gasteiger partial charge on any atom is 0.320 e. The zero-order valence-corrected chi connectivity index (χ0v) is 14.5. The van der Waals surface area contributed by atoms with Gasteiger partial charge in [0.25, 0.3) is 0 Å². The highest BCUT2D eigenvalue weighted by Crippen LogP contribution is 2.35. The molecule has 2 amide bonds. The predicted molar refractivity (Wildman–Crippen MR) is 89.9 cm³/mol. The summed E-state index contributed by atoms with van der Waals surface area (Å²) in [6.45, 7) is 9.11. The first-order valence-electron chi connectivity index (χ1n) is 7.36. The maximum atomic E-state index is 11.6. The average Bonchev–Trinajstić information content (AvgIpc) is 2.40. The van der Waals surface area contributed by atoms with Gasteiger partial charge in [-0.3, -0.25) is 5.32 Å². The average molecular weight is 355 g/mol. The van der Waals surface area contributed by atoms with Crippen molar-refractivity contribution in [1.82, 2.24) is 10.3 Å². The molecule has 1 aromatic heterocycles. The lowest BCUT2D eigenvalue weighted by Gasteiger charge is -2.39. The molecule has 6 heteroatoms. The lowest BCUT2D eigenvalue weighted by atomic mass is 9.84. The standard InChI is InChI=1S/C15H23BrN4O/c1-4-17-14(21)19-13-8-12(11(16)9-18-13)20-7-5-6-15(2,3)10-20/h8-9H,4-7,10H2,1-3H3,(H2,17,18,19,21). The Balaban J connectivity index is 2.17. The number of carbonyl (C=O) groups excluding carboxylic acids is 1. The van der Waals surface area contributed by atoms with Gasteiger partial charge in [-0.25, -0.2) is 9.78 Å². The number of halogens is 1. The normalized spacial score (nSPS) is 17.4. The van der Waals surface area contributed by atoms with E-state index >= 15 is 0 Å². The molecule has 116 valence electrons. The summed E-state index contributed by atoms with van der Waals surface area (Å²) in [5.74, 6) is 0.572. The van der Waals surface area contributed by atoms with Crippen LogP contribution in [0.4, 0.5) is 16.3 Å². The van der Waals surface area contributed by atoms with Gasteiger partial charge in [0, 0.05) is 31.9 Å². The molecule has 1 aliphatic rings. The summed E-state index contributed by atoms with van der Waals surface area (Å²) in [5.41, 5.74) is 1.40. The second-order valence-electron chi connectivity index (χ2n) is 6.19. The van der Waals surface area contributed by atoms with Crippen molar-refractivity contribution in [2.75, 3.05) is 29.9 Å². The second-order valence-corrected chi connectivity index (χ2v) is 7.05. The van der Waals surface area contributed by atoms with Gasteiger partial charge < -0.3 is 10.2 Å². The fourth-order valence-electron chi connectivity index (χ4n) is 2.69. The molecule has 2 N–H and O–H groups in total. The molecule has 0 spiro atoms. The molecule has 0 unspecified atom stereocenters. The number of amides is 2. The zero-order chi connectivity index (χ0) is 15.5. The minimum atomic E-state index is -0.225. The van der Waals surface area contributed by atoms with Crippen LogP contribution < -0.4 is 15.5 Å². The fraction of sp³-hybridized carbons (Fsp3) is 0.600. The Hall–Kier alpha value is -1.30. The quantitative estimate of drug-likeness (QED) is 0.871. The van der Waals surface area contributed by atoms with Crippen LogP contribution in [0, 0.1) is 5.41 Å². The van der Waals surface area contributed by atoms with E-state index in [0.717, 1.165) is 23.2 Å². The first-order valence-corrected chi connectivity index (χ1v) is 8.16. The highest BCUT2D eigenvalue weighted by Gasteiger charge is 2.27. The van der Waals surface area contributed by atoms with Gasteiger partial charge in [-0.05, 0) is 41.1 Å². The largest absolute Gasteiger partial charge is 0.370 e. The molecule has 1 fully saturated rings. The number of pyridine rings is 1. The molecule has 0 atom stereocenters. The number of rotatable bonds is 3. The van der Waals surface area contributed by atoms with Crippen LogP contribution in [0.3, 0.4) is 0 Å². The van der Waals surface area contributed by atoms with E-state index in [1.165, 1.54) is 12.8 Å². The highest BCUT2D eigenvalue weighted by molar-refractivity contribution is 9.10. The predicted octanol–water partition coefficient (Wildman–Crippen LogP) is 3.61. The van der Waals surface area contributed by atoms with Crippen molar-refractivity contribution >= 4 is 33.5 Å². The van der Waals surface area contributed by atoms with Crippen LogP contribution >= 0.6 is 15.9 Å². The molecule has 1 aromatic rings. The van der Waals surface area contributed by atoms with Gasteiger partial charge in [-0.15, -0.1) is 0 Å². The minimum absolute atomic E-state index is 0.225. The summed E-state index contributed by atoms with van der Waals surface area (Å²) < 4.78 is 0.960. The molecular weight excluding hydrogens is 332 g/mol. The zero-order valence-electron chi connectivity index (χ0n) is 12.9. The molecule has 21 heavy (non-hydrogen) atoms. The monoisotopic (exact) mass is 354 g/mol. The molecule has 2 rings (SSSR count). The van der Waals surface area contributed by atoms with E-state index in [-0.39, 0.29) is 6.03 Å². The molecule has 5 nitrogen and oxygen atoms in total. The summed E-state index contributed by atoms with van der Waals surface area (Å²) in [7, 11) is 0. The van der Waals surface area contributed by atoms with Crippen molar-refractivity contribution < 1.29 is 4.79 Å². The highest BCUT2D eigenvalue weighted by atomic mass is 79.9. The lowest BCUT2D eigenvalue weighted by Crippen LogP contribution is -2.40. The third-order valence-electron chi connectivity index (χ3n) is 3.66. The van der Waals surface area contributed by atoms with Crippen molar-refractivity contribution in [2.24, 2.45) is 5.41 Å². The van der Waals surface area contributed by atoms with Crippen LogP contribution in [0.5, 0.6) is 0 Å². The van der Waals surface area contributed by atoms with Crippen molar-refractivity contribution in [1.29, 1.82) is 0 Å². The molecule has 0 aliphatic carbocycles. The summed E-state index contributed by atoms with van der Waals surface area (Å²) in [6, 6.07) is 1.71. The number of hydrogen-bond donors (Lipinski definition) is 2. The van der Waals surface area contributed by atoms with E-state index in [1.807, 2.05) is 13.0 Å². The van der Waals surface area contributed by atoms with Gasteiger partial charge in [0.15, 0.2) is 0 Å². The molecule has 0 saturated carbocycles. The van der Waals surface area contributed by atoms with E-state index in [2.05, 4.69) is 50.3 Å². The summed E-state index contributed by atoms with van der Waals surface area (Å²) in [6.07, 6.45) is 4.18. The lowest BCUT2D eigenvalue weighted by molar-refractivity contribution is 0.252. The molecular formula is C15H23BrN4O. The minimum Gasteiger partial charge on any atom is -0.370 e. The van der Waals surface area contributed by atoms with Crippen LogP contribution in [0.2, 0.25) is 0 Å². The molecule has 2 heterocycles. The SMILES string of the molecule is CCNC(=O)Nc1cc(N2CCCC(C)(C)C2)c(Br)cn1. The number of hydrogen-bond acceptors (Lipinski definition) is 3. The topological polar surface area (TPSA) is 57.3 Å². The second kappa shape index (κ2) is 6.64. The van der Waals surface area contributed by atoms with Crippen LogP contribution in [0.25, 0.3) is 0 Å².